The van der Waals surface area contributed by atoms with E-state index in [2.05, 4.69) is 10.2 Å². The highest BCUT2D eigenvalue weighted by atomic mass is 35.5. The van der Waals surface area contributed by atoms with Crippen LogP contribution in [0.3, 0.4) is 0 Å². The van der Waals surface area contributed by atoms with Gasteiger partial charge in [0.2, 0.25) is 0 Å². The summed E-state index contributed by atoms with van der Waals surface area (Å²) in [5.41, 5.74) is 3.98. The normalized spacial score (nSPS) is 11.9. The maximum Gasteiger partial charge on any atom is 0.251 e. The Bertz CT molecular complexity index is 952. The summed E-state index contributed by atoms with van der Waals surface area (Å²) in [7, 11) is 5.73. The molecule has 0 aliphatic heterocycles. The molecular formula is C25H27ClN2O2. The molecule has 0 saturated carbocycles. The van der Waals surface area contributed by atoms with E-state index in [1.807, 2.05) is 86.9 Å². The van der Waals surface area contributed by atoms with Crippen LogP contribution in [0, 0.1) is 0 Å². The highest BCUT2D eigenvalue weighted by molar-refractivity contribution is 6.30. The maximum absolute atomic E-state index is 12.5. The van der Waals surface area contributed by atoms with Crippen LogP contribution in [0.1, 0.15) is 28.4 Å². The van der Waals surface area contributed by atoms with Gasteiger partial charge in [-0.25, -0.2) is 0 Å². The van der Waals surface area contributed by atoms with E-state index in [9.17, 15) is 4.79 Å². The summed E-state index contributed by atoms with van der Waals surface area (Å²) < 4.78 is 5.20. The SMILES string of the molecule is COc1ccc(-c2ccc(C(=O)NCCC(c3ccc(Cl)cc3)N(C)C)cc2)cc1. The van der Waals surface area contributed by atoms with E-state index < -0.39 is 0 Å². The van der Waals surface area contributed by atoms with Crippen molar-refractivity contribution < 1.29 is 9.53 Å². The number of ether oxygens (including phenoxy) is 1. The van der Waals surface area contributed by atoms with E-state index in [0.29, 0.717) is 12.1 Å². The van der Waals surface area contributed by atoms with Gasteiger partial charge >= 0.3 is 0 Å². The van der Waals surface area contributed by atoms with Gasteiger partial charge in [0.1, 0.15) is 5.75 Å². The van der Waals surface area contributed by atoms with E-state index in [4.69, 9.17) is 16.3 Å². The molecule has 1 N–H and O–H groups in total. The minimum absolute atomic E-state index is 0.0649. The van der Waals surface area contributed by atoms with Crippen molar-refractivity contribution in [3.8, 4) is 16.9 Å². The molecule has 30 heavy (non-hydrogen) atoms. The third-order valence-electron chi connectivity index (χ3n) is 5.15. The molecule has 1 amide bonds. The summed E-state index contributed by atoms with van der Waals surface area (Å²) in [5, 5.41) is 3.76. The molecule has 0 fully saturated rings. The van der Waals surface area contributed by atoms with Crippen LogP contribution in [-0.2, 0) is 0 Å². The number of carbonyl (C=O) groups is 1. The molecule has 0 bridgehead atoms. The Labute approximate surface area is 183 Å². The van der Waals surface area contributed by atoms with Gasteiger partial charge in [0.15, 0.2) is 0 Å². The van der Waals surface area contributed by atoms with Crippen molar-refractivity contribution in [2.45, 2.75) is 12.5 Å². The summed E-state index contributed by atoms with van der Waals surface area (Å²) in [6.07, 6.45) is 0.810. The Morgan fingerprint density at radius 1 is 0.933 bits per heavy atom. The maximum atomic E-state index is 12.5. The number of hydrogen-bond donors (Lipinski definition) is 1. The number of methoxy groups -OCH3 is 1. The zero-order valence-corrected chi connectivity index (χ0v) is 18.3. The zero-order chi connectivity index (χ0) is 21.5. The Kier molecular flexibility index (Phi) is 7.50. The number of halogens is 1. The van der Waals surface area contributed by atoms with Crippen LogP contribution in [0.2, 0.25) is 5.02 Å². The van der Waals surface area contributed by atoms with Crippen LogP contribution in [0.15, 0.2) is 72.8 Å². The van der Waals surface area contributed by atoms with Gasteiger partial charge in [-0.05, 0) is 73.6 Å². The van der Waals surface area contributed by atoms with Gasteiger partial charge in [-0.15, -0.1) is 0 Å². The van der Waals surface area contributed by atoms with Gasteiger partial charge in [-0.3, -0.25) is 4.79 Å². The van der Waals surface area contributed by atoms with Gasteiger partial charge in [0.05, 0.1) is 7.11 Å². The zero-order valence-electron chi connectivity index (χ0n) is 17.6. The van der Waals surface area contributed by atoms with Gasteiger partial charge in [-0.1, -0.05) is 48.0 Å². The molecule has 0 saturated heterocycles. The molecule has 0 spiro atoms. The molecule has 0 heterocycles. The van der Waals surface area contributed by atoms with Crippen LogP contribution < -0.4 is 10.1 Å². The summed E-state index contributed by atoms with van der Waals surface area (Å²) in [6.45, 7) is 0.588. The lowest BCUT2D eigenvalue weighted by atomic mass is 10.0. The van der Waals surface area contributed by atoms with Gasteiger partial charge in [0.25, 0.3) is 5.91 Å². The number of rotatable bonds is 8. The summed E-state index contributed by atoms with van der Waals surface area (Å²) >= 11 is 6.00. The second kappa shape index (κ2) is 10.3. The summed E-state index contributed by atoms with van der Waals surface area (Å²) in [4.78, 5) is 14.7. The fourth-order valence-corrected chi connectivity index (χ4v) is 3.56. The second-order valence-corrected chi connectivity index (χ2v) is 7.82. The first-order valence-electron chi connectivity index (χ1n) is 9.92. The molecule has 0 radical (unpaired) electrons. The van der Waals surface area contributed by atoms with Crippen molar-refractivity contribution >= 4 is 17.5 Å². The van der Waals surface area contributed by atoms with Crippen LogP contribution in [0.25, 0.3) is 11.1 Å². The Morgan fingerprint density at radius 3 is 2.03 bits per heavy atom. The molecular weight excluding hydrogens is 396 g/mol. The lowest BCUT2D eigenvalue weighted by Crippen LogP contribution is -2.29. The number of nitrogens with one attached hydrogen (secondary N) is 1. The summed E-state index contributed by atoms with van der Waals surface area (Å²) in [5.74, 6) is 0.759. The molecule has 3 rings (SSSR count). The average Bonchev–Trinajstić information content (AvgIpc) is 2.77. The third kappa shape index (κ3) is 5.62. The first kappa shape index (κ1) is 21.9. The minimum Gasteiger partial charge on any atom is -0.497 e. The van der Waals surface area contributed by atoms with Crippen LogP contribution in [0.5, 0.6) is 5.75 Å². The molecule has 0 aliphatic rings. The van der Waals surface area contributed by atoms with Gasteiger partial charge in [0, 0.05) is 23.2 Å². The van der Waals surface area contributed by atoms with E-state index in [1.165, 1.54) is 5.56 Å². The Hall–Kier alpha value is -2.82. The first-order valence-corrected chi connectivity index (χ1v) is 10.3. The van der Waals surface area contributed by atoms with Crippen molar-refractivity contribution in [1.29, 1.82) is 0 Å². The van der Waals surface area contributed by atoms with Crippen molar-refractivity contribution in [1.82, 2.24) is 10.2 Å². The van der Waals surface area contributed by atoms with E-state index in [1.54, 1.807) is 7.11 Å². The largest absolute Gasteiger partial charge is 0.497 e. The third-order valence-corrected chi connectivity index (χ3v) is 5.40. The van der Waals surface area contributed by atoms with Crippen molar-refractivity contribution in [3.05, 3.63) is 88.9 Å². The highest BCUT2D eigenvalue weighted by Crippen LogP contribution is 2.24. The predicted molar refractivity (Wildman–Crippen MR) is 123 cm³/mol. The molecule has 0 aliphatic carbocycles. The van der Waals surface area contributed by atoms with Crippen molar-refractivity contribution in [3.63, 3.8) is 0 Å². The standard InChI is InChI=1S/C25H27ClN2O2/c1-28(2)24(20-8-12-22(26)13-9-20)16-17-27-25(29)21-6-4-18(5-7-21)19-10-14-23(30-3)15-11-19/h4-15,24H,16-17H2,1-3H3,(H,27,29). The molecule has 156 valence electrons. The quantitative estimate of drug-likeness (QED) is 0.525. The second-order valence-electron chi connectivity index (χ2n) is 7.38. The number of nitrogens with zero attached hydrogens (tertiary/aromatic N) is 1. The summed E-state index contributed by atoms with van der Waals surface area (Å²) in [6, 6.07) is 23.6. The molecule has 1 atom stereocenters. The molecule has 3 aromatic rings. The van der Waals surface area contributed by atoms with E-state index in [-0.39, 0.29) is 11.9 Å². The monoisotopic (exact) mass is 422 g/mol. The van der Waals surface area contributed by atoms with Crippen LogP contribution in [0.4, 0.5) is 0 Å². The lowest BCUT2D eigenvalue weighted by molar-refractivity contribution is 0.0949. The Balaban J connectivity index is 1.58. The predicted octanol–water partition coefficient (Wildman–Crippen LogP) is 5.44. The van der Waals surface area contributed by atoms with Crippen molar-refractivity contribution in [2.24, 2.45) is 0 Å². The topological polar surface area (TPSA) is 41.6 Å². The Morgan fingerprint density at radius 2 is 1.50 bits per heavy atom. The fourth-order valence-electron chi connectivity index (χ4n) is 3.43. The van der Waals surface area contributed by atoms with Crippen LogP contribution >= 0.6 is 11.6 Å². The number of carbonyl (C=O) groups excluding carboxylic acids is 1. The smallest absolute Gasteiger partial charge is 0.251 e. The first-order chi connectivity index (χ1) is 14.5. The van der Waals surface area contributed by atoms with E-state index >= 15 is 0 Å². The molecule has 1 unspecified atom stereocenters. The fraction of sp³-hybridized carbons (Fsp3) is 0.240. The molecule has 0 aromatic heterocycles. The molecule has 3 aromatic carbocycles. The van der Waals surface area contributed by atoms with Crippen LogP contribution in [-0.4, -0.2) is 38.6 Å². The minimum atomic E-state index is -0.0649. The average molecular weight is 423 g/mol. The van der Waals surface area contributed by atoms with Gasteiger partial charge < -0.3 is 15.0 Å². The van der Waals surface area contributed by atoms with Gasteiger partial charge in [-0.2, -0.15) is 0 Å². The van der Waals surface area contributed by atoms with E-state index in [0.717, 1.165) is 28.3 Å². The molecule has 5 heteroatoms. The highest BCUT2D eigenvalue weighted by Gasteiger charge is 2.15. The lowest BCUT2D eigenvalue weighted by Gasteiger charge is -2.25. The number of hydrogen-bond acceptors (Lipinski definition) is 3. The number of benzene rings is 3. The number of amides is 1. The molecule has 4 nitrogen and oxygen atoms in total. The van der Waals surface area contributed by atoms with Crippen molar-refractivity contribution in [2.75, 3.05) is 27.7 Å².